The number of hydrogen-bond donors (Lipinski definition) is 1. The van der Waals surface area contributed by atoms with E-state index in [4.69, 9.17) is 17.3 Å². The maximum absolute atomic E-state index is 6.30. The van der Waals surface area contributed by atoms with Crippen molar-refractivity contribution in [2.45, 2.75) is 25.9 Å². The van der Waals surface area contributed by atoms with Gasteiger partial charge in [-0.25, -0.2) is 0 Å². The first kappa shape index (κ1) is 13.7. The van der Waals surface area contributed by atoms with E-state index in [2.05, 4.69) is 29.8 Å². The molecule has 3 nitrogen and oxygen atoms in total. The molecule has 2 unspecified atom stereocenters. The second kappa shape index (κ2) is 5.47. The van der Waals surface area contributed by atoms with Gasteiger partial charge in [0.2, 0.25) is 0 Å². The lowest BCUT2D eigenvalue weighted by Gasteiger charge is -2.40. The summed E-state index contributed by atoms with van der Waals surface area (Å²) >= 11 is 6.30. The zero-order valence-corrected chi connectivity index (χ0v) is 12.1. The van der Waals surface area contributed by atoms with Gasteiger partial charge in [0, 0.05) is 42.4 Å². The van der Waals surface area contributed by atoms with E-state index in [1.807, 2.05) is 19.1 Å². The van der Waals surface area contributed by atoms with E-state index in [0.717, 1.165) is 30.2 Å². The quantitative estimate of drug-likeness (QED) is 0.894. The smallest absolute Gasteiger partial charge is 0.0474 e. The van der Waals surface area contributed by atoms with E-state index < -0.39 is 0 Å². The van der Waals surface area contributed by atoms with Crippen molar-refractivity contribution in [3.63, 3.8) is 0 Å². The van der Waals surface area contributed by atoms with Crippen LogP contribution in [0.4, 0.5) is 5.69 Å². The molecule has 0 aliphatic carbocycles. The number of piperazine rings is 1. The highest BCUT2D eigenvalue weighted by molar-refractivity contribution is 6.31. The molecular weight excluding hydrogens is 246 g/mol. The van der Waals surface area contributed by atoms with Crippen molar-refractivity contribution >= 4 is 17.3 Å². The molecule has 0 bridgehead atoms. The maximum Gasteiger partial charge on any atom is 0.0474 e. The molecule has 1 aromatic rings. The fourth-order valence-corrected chi connectivity index (χ4v) is 2.93. The lowest BCUT2D eigenvalue weighted by molar-refractivity contribution is 0.275. The van der Waals surface area contributed by atoms with Gasteiger partial charge in [0.1, 0.15) is 0 Å². The third kappa shape index (κ3) is 2.79. The van der Waals surface area contributed by atoms with Gasteiger partial charge in [0.05, 0.1) is 0 Å². The zero-order valence-electron chi connectivity index (χ0n) is 11.4. The molecule has 2 rings (SSSR count). The molecule has 1 fully saturated rings. The summed E-state index contributed by atoms with van der Waals surface area (Å²) in [6.07, 6.45) is 0. The summed E-state index contributed by atoms with van der Waals surface area (Å²) in [5.74, 6) is 0. The van der Waals surface area contributed by atoms with Gasteiger partial charge in [-0.15, -0.1) is 0 Å². The Morgan fingerprint density at radius 3 is 2.67 bits per heavy atom. The molecule has 1 heterocycles. The van der Waals surface area contributed by atoms with Crippen molar-refractivity contribution < 1.29 is 0 Å². The second-order valence-corrected chi connectivity index (χ2v) is 5.71. The molecule has 100 valence electrons. The first-order chi connectivity index (χ1) is 8.49. The van der Waals surface area contributed by atoms with Crippen LogP contribution in [0.1, 0.15) is 25.5 Å². The summed E-state index contributed by atoms with van der Waals surface area (Å²) in [5.41, 5.74) is 8.10. The molecule has 0 amide bonds. The Hall–Kier alpha value is -0.770. The summed E-state index contributed by atoms with van der Waals surface area (Å²) < 4.78 is 0. The van der Waals surface area contributed by atoms with Crippen molar-refractivity contribution in [1.29, 1.82) is 0 Å². The van der Waals surface area contributed by atoms with Crippen molar-refractivity contribution in [3.05, 3.63) is 28.8 Å². The van der Waals surface area contributed by atoms with E-state index in [9.17, 15) is 0 Å². The number of anilines is 1. The number of likely N-dealkylation sites (N-methyl/N-ethyl adjacent to an activating group) is 1. The van der Waals surface area contributed by atoms with Gasteiger partial charge in [-0.2, -0.15) is 0 Å². The number of hydrogen-bond acceptors (Lipinski definition) is 3. The highest BCUT2D eigenvalue weighted by atomic mass is 35.5. The minimum atomic E-state index is -0.0172. The van der Waals surface area contributed by atoms with E-state index in [-0.39, 0.29) is 6.04 Å². The van der Waals surface area contributed by atoms with E-state index in [0.29, 0.717) is 6.04 Å². The van der Waals surface area contributed by atoms with E-state index in [1.165, 1.54) is 5.69 Å². The molecule has 1 aromatic carbocycles. The number of halogens is 1. The molecule has 1 saturated heterocycles. The molecule has 0 spiro atoms. The highest BCUT2D eigenvalue weighted by Gasteiger charge is 2.22. The van der Waals surface area contributed by atoms with Crippen LogP contribution in [0.2, 0.25) is 5.02 Å². The normalized spacial score (nSPS) is 23.2. The Labute approximate surface area is 115 Å². The van der Waals surface area contributed by atoms with Gasteiger partial charge in [-0.05, 0) is 38.6 Å². The number of nitrogens with zero attached hydrogens (tertiary/aromatic N) is 2. The van der Waals surface area contributed by atoms with Gasteiger partial charge in [0.25, 0.3) is 0 Å². The lowest BCUT2D eigenvalue weighted by Crippen LogP contribution is -2.50. The van der Waals surface area contributed by atoms with Crippen LogP contribution in [0.15, 0.2) is 18.2 Å². The van der Waals surface area contributed by atoms with Crippen LogP contribution in [-0.4, -0.2) is 37.6 Å². The zero-order chi connectivity index (χ0) is 13.3. The third-order valence-electron chi connectivity index (χ3n) is 3.64. The van der Waals surface area contributed by atoms with Crippen molar-refractivity contribution in [3.8, 4) is 0 Å². The van der Waals surface area contributed by atoms with Crippen LogP contribution in [0, 0.1) is 0 Å². The molecule has 18 heavy (non-hydrogen) atoms. The molecule has 2 atom stereocenters. The molecular formula is C14H22ClN3. The molecule has 0 saturated carbocycles. The topological polar surface area (TPSA) is 32.5 Å². The SMILES string of the molecule is CC(N)c1ccc(N2CCN(C)CC2C)cc1Cl. The molecule has 1 aliphatic heterocycles. The Morgan fingerprint density at radius 2 is 2.11 bits per heavy atom. The maximum atomic E-state index is 6.30. The summed E-state index contributed by atoms with van der Waals surface area (Å²) in [6, 6.07) is 6.72. The summed E-state index contributed by atoms with van der Waals surface area (Å²) in [6.45, 7) is 7.44. The standard InChI is InChI=1S/C14H22ClN3/c1-10-9-17(3)6-7-18(10)12-4-5-13(11(2)16)14(15)8-12/h4-5,8,10-11H,6-7,9,16H2,1-3H3. The molecule has 1 aliphatic rings. The van der Waals surface area contributed by atoms with Crippen molar-refractivity contribution in [2.24, 2.45) is 5.73 Å². The van der Waals surface area contributed by atoms with Gasteiger partial charge in [0.15, 0.2) is 0 Å². The van der Waals surface area contributed by atoms with E-state index in [1.54, 1.807) is 0 Å². The van der Waals surface area contributed by atoms with Crippen LogP contribution in [0.3, 0.4) is 0 Å². The first-order valence-corrected chi connectivity index (χ1v) is 6.87. The number of rotatable bonds is 2. The van der Waals surface area contributed by atoms with E-state index >= 15 is 0 Å². The molecule has 2 N–H and O–H groups in total. The fraction of sp³-hybridized carbons (Fsp3) is 0.571. The van der Waals surface area contributed by atoms with Crippen molar-refractivity contribution in [1.82, 2.24) is 4.90 Å². The van der Waals surface area contributed by atoms with Crippen LogP contribution < -0.4 is 10.6 Å². The Balaban J connectivity index is 2.21. The van der Waals surface area contributed by atoms with Crippen LogP contribution in [0.25, 0.3) is 0 Å². The summed E-state index contributed by atoms with van der Waals surface area (Å²) in [7, 11) is 2.17. The predicted octanol–water partition coefficient (Wildman–Crippen LogP) is 2.50. The average molecular weight is 268 g/mol. The number of nitrogens with two attached hydrogens (primary N) is 1. The largest absolute Gasteiger partial charge is 0.366 e. The molecule has 4 heteroatoms. The van der Waals surface area contributed by atoms with Crippen LogP contribution in [0.5, 0.6) is 0 Å². The minimum absolute atomic E-state index is 0.0172. The monoisotopic (exact) mass is 267 g/mol. The highest BCUT2D eigenvalue weighted by Crippen LogP contribution is 2.28. The van der Waals surface area contributed by atoms with Gasteiger partial charge in [-0.1, -0.05) is 17.7 Å². The summed E-state index contributed by atoms with van der Waals surface area (Å²) in [4.78, 5) is 4.77. The first-order valence-electron chi connectivity index (χ1n) is 6.49. The second-order valence-electron chi connectivity index (χ2n) is 5.30. The molecule has 0 aromatic heterocycles. The Morgan fingerprint density at radius 1 is 1.39 bits per heavy atom. The van der Waals surface area contributed by atoms with Crippen LogP contribution in [-0.2, 0) is 0 Å². The van der Waals surface area contributed by atoms with Gasteiger partial charge < -0.3 is 15.5 Å². The molecule has 0 radical (unpaired) electrons. The average Bonchev–Trinajstić information content (AvgIpc) is 2.28. The van der Waals surface area contributed by atoms with Crippen molar-refractivity contribution in [2.75, 3.05) is 31.6 Å². The predicted molar refractivity (Wildman–Crippen MR) is 78.4 cm³/mol. The Bertz CT molecular complexity index is 420. The van der Waals surface area contributed by atoms with Crippen LogP contribution >= 0.6 is 11.6 Å². The Kier molecular flexibility index (Phi) is 4.15. The van der Waals surface area contributed by atoms with Gasteiger partial charge in [-0.3, -0.25) is 0 Å². The minimum Gasteiger partial charge on any atom is -0.366 e. The lowest BCUT2D eigenvalue weighted by atomic mass is 10.1. The van der Waals surface area contributed by atoms with Gasteiger partial charge >= 0.3 is 0 Å². The third-order valence-corrected chi connectivity index (χ3v) is 3.96. The number of benzene rings is 1. The summed E-state index contributed by atoms with van der Waals surface area (Å²) in [5, 5.41) is 0.772. The fourth-order valence-electron chi connectivity index (χ4n) is 2.59.